The second-order valence-electron chi connectivity index (χ2n) is 6.92. The molecule has 1 saturated heterocycles. The monoisotopic (exact) mass is 398 g/mol. The van der Waals surface area contributed by atoms with E-state index in [2.05, 4.69) is 22.1 Å². The number of aromatic nitrogens is 1. The van der Waals surface area contributed by atoms with Crippen molar-refractivity contribution < 1.29 is 9.21 Å². The second kappa shape index (κ2) is 8.20. The Bertz CT molecular complexity index is 979. The highest BCUT2D eigenvalue weighted by Crippen LogP contribution is 2.21. The van der Waals surface area contributed by atoms with E-state index in [1.165, 1.54) is 0 Å². The van der Waals surface area contributed by atoms with Crippen LogP contribution in [0.15, 0.2) is 46.9 Å². The molecule has 4 rings (SSSR count). The van der Waals surface area contributed by atoms with Crippen LogP contribution >= 0.6 is 11.6 Å². The number of nitrogens with one attached hydrogen (secondary N) is 1. The normalized spacial score (nSPS) is 15.1. The van der Waals surface area contributed by atoms with Crippen molar-refractivity contribution in [1.82, 2.24) is 14.8 Å². The third-order valence-corrected chi connectivity index (χ3v) is 5.29. The fourth-order valence-corrected chi connectivity index (χ4v) is 3.62. The number of halogens is 1. The zero-order chi connectivity index (χ0) is 19.5. The number of amides is 2. The molecule has 1 aliphatic heterocycles. The smallest absolute Gasteiger partial charge is 0.321 e. The summed E-state index contributed by atoms with van der Waals surface area (Å²) in [6.07, 6.45) is 0.889. The number of anilines is 1. The molecule has 0 saturated carbocycles. The van der Waals surface area contributed by atoms with E-state index in [0.29, 0.717) is 36.1 Å². The van der Waals surface area contributed by atoms with Gasteiger partial charge in [0.1, 0.15) is 5.52 Å². The van der Waals surface area contributed by atoms with Crippen molar-refractivity contribution in [1.29, 1.82) is 0 Å². The maximum absolute atomic E-state index is 12.6. The molecular weight excluding hydrogens is 376 g/mol. The lowest BCUT2D eigenvalue weighted by Gasteiger charge is -2.34. The van der Waals surface area contributed by atoms with E-state index in [0.717, 1.165) is 36.3 Å². The molecule has 6 nitrogen and oxygen atoms in total. The summed E-state index contributed by atoms with van der Waals surface area (Å²) < 4.78 is 5.80. The van der Waals surface area contributed by atoms with Gasteiger partial charge in [0, 0.05) is 43.0 Å². The molecule has 0 unspecified atom stereocenters. The molecule has 146 valence electrons. The molecule has 2 heterocycles. The first kappa shape index (κ1) is 18.8. The molecule has 1 aliphatic rings. The van der Waals surface area contributed by atoms with Gasteiger partial charge in [-0.25, -0.2) is 9.78 Å². The van der Waals surface area contributed by atoms with Crippen molar-refractivity contribution in [3.63, 3.8) is 0 Å². The van der Waals surface area contributed by atoms with Crippen LogP contribution in [0.25, 0.3) is 11.1 Å². The van der Waals surface area contributed by atoms with Crippen LogP contribution in [0.5, 0.6) is 0 Å². The largest absolute Gasteiger partial charge is 0.439 e. The van der Waals surface area contributed by atoms with Crippen molar-refractivity contribution in [3.05, 3.63) is 58.9 Å². The van der Waals surface area contributed by atoms with E-state index < -0.39 is 0 Å². The third kappa shape index (κ3) is 4.13. The molecule has 1 fully saturated rings. The molecule has 1 N–H and O–H groups in total. The molecular formula is C21H23ClN4O2. The van der Waals surface area contributed by atoms with Gasteiger partial charge in [0.15, 0.2) is 5.58 Å². The molecule has 3 aromatic rings. The minimum atomic E-state index is -0.0444. The van der Waals surface area contributed by atoms with Crippen LogP contribution in [0.4, 0.5) is 10.5 Å². The summed E-state index contributed by atoms with van der Waals surface area (Å²) >= 11 is 6.00. The van der Waals surface area contributed by atoms with Gasteiger partial charge in [-0.2, -0.15) is 0 Å². The lowest BCUT2D eigenvalue weighted by Crippen LogP contribution is -2.49. The Kier molecular flexibility index (Phi) is 5.50. The van der Waals surface area contributed by atoms with Crippen LogP contribution in [-0.4, -0.2) is 47.0 Å². The van der Waals surface area contributed by atoms with Crippen molar-refractivity contribution >= 4 is 34.4 Å². The molecule has 0 bridgehead atoms. The molecule has 28 heavy (non-hydrogen) atoms. The SMILES string of the molecule is CCc1ccccc1NC(=O)N1CCN(Cc2nc3ccc(Cl)cc3o2)CC1. The predicted molar refractivity (Wildman–Crippen MR) is 111 cm³/mol. The number of nitrogens with zero attached hydrogens (tertiary/aromatic N) is 3. The Hall–Kier alpha value is -2.57. The van der Waals surface area contributed by atoms with Gasteiger partial charge in [-0.3, -0.25) is 4.90 Å². The van der Waals surface area contributed by atoms with E-state index in [4.69, 9.17) is 16.0 Å². The lowest BCUT2D eigenvalue weighted by molar-refractivity contribution is 0.136. The summed E-state index contributed by atoms with van der Waals surface area (Å²) in [5.74, 6) is 0.673. The molecule has 2 aromatic carbocycles. The quantitative estimate of drug-likeness (QED) is 0.707. The fraction of sp³-hybridized carbons (Fsp3) is 0.333. The van der Waals surface area contributed by atoms with Crippen LogP contribution in [0.3, 0.4) is 0 Å². The summed E-state index contributed by atoms with van der Waals surface area (Å²) in [7, 11) is 0. The highest BCUT2D eigenvalue weighted by atomic mass is 35.5. The van der Waals surface area contributed by atoms with Gasteiger partial charge in [-0.1, -0.05) is 36.7 Å². The molecule has 2 amide bonds. The maximum Gasteiger partial charge on any atom is 0.321 e. The number of carbonyl (C=O) groups is 1. The van der Waals surface area contributed by atoms with Crippen molar-refractivity contribution in [3.8, 4) is 0 Å². The Morgan fingerprint density at radius 1 is 1.18 bits per heavy atom. The van der Waals surface area contributed by atoms with Gasteiger partial charge < -0.3 is 14.6 Å². The van der Waals surface area contributed by atoms with Gasteiger partial charge in [0.2, 0.25) is 5.89 Å². The van der Waals surface area contributed by atoms with Gasteiger partial charge in [-0.05, 0) is 30.2 Å². The average Bonchev–Trinajstić information content (AvgIpc) is 3.10. The highest BCUT2D eigenvalue weighted by molar-refractivity contribution is 6.31. The Morgan fingerprint density at radius 3 is 2.75 bits per heavy atom. The predicted octanol–water partition coefficient (Wildman–Crippen LogP) is 4.39. The van der Waals surface area contributed by atoms with Crippen molar-refractivity contribution in [2.45, 2.75) is 19.9 Å². The van der Waals surface area contributed by atoms with Crippen LogP contribution in [0.1, 0.15) is 18.4 Å². The second-order valence-corrected chi connectivity index (χ2v) is 7.36. The first-order valence-electron chi connectivity index (χ1n) is 9.53. The van der Waals surface area contributed by atoms with Gasteiger partial charge >= 0.3 is 6.03 Å². The number of fused-ring (bicyclic) bond motifs is 1. The molecule has 0 atom stereocenters. The van der Waals surface area contributed by atoms with Crippen molar-refractivity contribution in [2.24, 2.45) is 0 Å². The first-order valence-corrected chi connectivity index (χ1v) is 9.91. The van der Waals surface area contributed by atoms with E-state index in [9.17, 15) is 4.79 Å². The summed E-state index contributed by atoms with van der Waals surface area (Å²) in [6.45, 7) is 5.62. The molecule has 1 aromatic heterocycles. The number of rotatable bonds is 4. The zero-order valence-corrected chi connectivity index (χ0v) is 16.6. The number of urea groups is 1. The molecule has 0 spiro atoms. The number of hydrogen-bond acceptors (Lipinski definition) is 4. The number of carbonyl (C=O) groups excluding carboxylic acids is 1. The van der Waals surface area contributed by atoms with E-state index >= 15 is 0 Å². The summed E-state index contributed by atoms with van der Waals surface area (Å²) in [6, 6.07) is 13.3. The number of piperazine rings is 1. The molecule has 0 radical (unpaired) electrons. The molecule has 0 aliphatic carbocycles. The van der Waals surface area contributed by atoms with Crippen molar-refractivity contribution in [2.75, 3.05) is 31.5 Å². The van der Waals surface area contributed by atoms with Crippen LogP contribution in [-0.2, 0) is 13.0 Å². The summed E-state index contributed by atoms with van der Waals surface area (Å²) in [5, 5.41) is 3.68. The lowest BCUT2D eigenvalue weighted by atomic mass is 10.1. The number of benzene rings is 2. The Morgan fingerprint density at radius 2 is 1.96 bits per heavy atom. The van der Waals surface area contributed by atoms with Gasteiger partial charge in [0.25, 0.3) is 0 Å². The Labute approximate surface area is 169 Å². The minimum Gasteiger partial charge on any atom is -0.439 e. The topological polar surface area (TPSA) is 61.6 Å². The molecule has 7 heteroatoms. The Balaban J connectivity index is 1.33. The number of hydrogen-bond donors (Lipinski definition) is 1. The highest BCUT2D eigenvalue weighted by Gasteiger charge is 2.22. The van der Waals surface area contributed by atoms with E-state index in [1.807, 2.05) is 41.3 Å². The standard InChI is InChI=1S/C21H23ClN4O2/c1-2-15-5-3-4-6-17(15)24-21(27)26-11-9-25(10-12-26)14-20-23-18-8-7-16(22)13-19(18)28-20/h3-8,13H,2,9-12,14H2,1H3,(H,24,27). The fourth-order valence-electron chi connectivity index (χ4n) is 3.46. The van der Waals surface area contributed by atoms with Crippen LogP contribution < -0.4 is 5.32 Å². The first-order chi connectivity index (χ1) is 13.6. The number of aryl methyl sites for hydroxylation is 1. The van der Waals surface area contributed by atoms with Gasteiger partial charge in [0.05, 0.1) is 6.54 Å². The number of para-hydroxylation sites is 1. The van der Waals surface area contributed by atoms with Gasteiger partial charge in [-0.15, -0.1) is 0 Å². The number of oxazole rings is 1. The van der Waals surface area contributed by atoms with E-state index in [1.54, 1.807) is 6.07 Å². The maximum atomic E-state index is 12.6. The van der Waals surface area contributed by atoms with Crippen LogP contribution in [0.2, 0.25) is 5.02 Å². The summed E-state index contributed by atoms with van der Waals surface area (Å²) in [4.78, 5) is 21.2. The third-order valence-electron chi connectivity index (χ3n) is 5.05. The zero-order valence-electron chi connectivity index (χ0n) is 15.8. The van der Waals surface area contributed by atoms with E-state index in [-0.39, 0.29) is 6.03 Å². The summed E-state index contributed by atoms with van der Waals surface area (Å²) in [5.41, 5.74) is 3.55. The average molecular weight is 399 g/mol. The van der Waals surface area contributed by atoms with Crippen LogP contribution in [0, 0.1) is 0 Å². The minimum absolute atomic E-state index is 0.0444.